The van der Waals surface area contributed by atoms with Crippen LogP contribution in [0.15, 0.2) is 58.5 Å². The van der Waals surface area contributed by atoms with Gasteiger partial charge in [-0.15, -0.1) is 0 Å². The first-order valence-corrected chi connectivity index (χ1v) is 13.7. The van der Waals surface area contributed by atoms with E-state index in [1.165, 1.54) is 22.5 Å². The molecule has 0 unspecified atom stereocenters. The monoisotopic (exact) mass is 486 g/mol. The Kier molecular flexibility index (Phi) is 7.11. The first-order valence-electron chi connectivity index (χ1n) is 13.7. The van der Waals surface area contributed by atoms with Gasteiger partial charge in [0.25, 0.3) is 0 Å². The molecule has 2 atom stereocenters. The number of nitrogens with zero attached hydrogens (tertiary/aromatic N) is 4. The lowest BCUT2D eigenvalue weighted by molar-refractivity contribution is 0.337. The van der Waals surface area contributed by atoms with Crippen LogP contribution in [0.2, 0.25) is 0 Å². The second kappa shape index (κ2) is 9.68. The molecule has 0 aromatic heterocycles. The minimum absolute atomic E-state index is 0.0701. The number of benzene rings is 2. The molecule has 0 saturated heterocycles. The molecular formula is C32H46N4. The Morgan fingerprint density at radius 2 is 1.00 bits per heavy atom. The molecule has 0 N–H and O–H groups in total. The van der Waals surface area contributed by atoms with Crippen molar-refractivity contribution >= 4 is 23.0 Å². The number of hydrogen-bond donors (Lipinski definition) is 0. The van der Waals surface area contributed by atoms with Crippen LogP contribution in [0.1, 0.15) is 92.2 Å². The molecule has 36 heavy (non-hydrogen) atoms. The molecule has 2 aromatic rings. The lowest BCUT2D eigenvalue weighted by atomic mass is 9.87. The van der Waals surface area contributed by atoms with Crippen LogP contribution >= 0.6 is 0 Å². The summed E-state index contributed by atoms with van der Waals surface area (Å²) in [5.41, 5.74) is 5.28. The molecule has 0 spiro atoms. The predicted octanol–water partition coefficient (Wildman–Crippen LogP) is 7.90. The van der Waals surface area contributed by atoms with Crippen LogP contribution in [0.3, 0.4) is 0 Å². The van der Waals surface area contributed by atoms with Crippen molar-refractivity contribution in [2.24, 2.45) is 20.8 Å². The largest absolute Gasteiger partial charge is 0.321 e. The minimum atomic E-state index is 0.0701. The molecule has 2 aromatic carbocycles. The fraction of sp³-hybridized carbons (Fsp3) is 0.562. The van der Waals surface area contributed by atoms with Gasteiger partial charge in [-0.3, -0.25) is 9.98 Å². The smallest absolute Gasteiger partial charge is 0.172 e. The predicted molar refractivity (Wildman–Crippen MR) is 157 cm³/mol. The molecule has 0 radical (unpaired) electrons. The van der Waals surface area contributed by atoms with Gasteiger partial charge in [0, 0.05) is 24.5 Å². The van der Waals surface area contributed by atoms with E-state index in [0.717, 1.165) is 24.8 Å². The second-order valence-electron chi connectivity index (χ2n) is 13.4. The highest BCUT2D eigenvalue weighted by atomic mass is 15.4. The fourth-order valence-electron chi connectivity index (χ4n) is 4.89. The Balaban J connectivity index is 1.84. The molecule has 2 aliphatic rings. The van der Waals surface area contributed by atoms with Crippen LogP contribution in [0.25, 0.3) is 0 Å². The van der Waals surface area contributed by atoms with E-state index in [1.807, 2.05) is 0 Å². The minimum Gasteiger partial charge on any atom is -0.321 e. The first-order chi connectivity index (χ1) is 16.8. The van der Waals surface area contributed by atoms with Crippen LogP contribution in [-0.2, 0) is 0 Å². The Hall–Kier alpha value is -2.62. The summed E-state index contributed by atoms with van der Waals surface area (Å²) in [4.78, 5) is 15.6. The van der Waals surface area contributed by atoms with Crippen molar-refractivity contribution < 1.29 is 0 Å². The number of hydrogen-bond acceptors (Lipinski definition) is 4. The normalized spacial score (nSPS) is 21.0. The third-order valence-corrected chi connectivity index (χ3v) is 7.68. The third kappa shape index (κ3) is 5.38. The van der Waals surface area contributed by atoms with Crippen molar-refractivity contribution in [2.75, 3.05) is 22.9 Å². The van der Waals surface area contributed by atoms with Gasteiger partial charge in [0.1, 0.15) is 0 Å². The van der Waals surface area contributed by atoms with E-state index in [1.54, 1.807) is 0 Å². The number of aliphatic imine (C=N–C) groups is 2. The van der Waals surface area contributed by atoms with Gasteiger partial charge in [-0.2, -0.15) is 0 Å². The molecule has 0 bridgehead atoms. The van der Waals surface area contributed by atoms with E-state index < -0.39 is 0 Å². The summed E-state index contributed by atoms with van der Waals surface area (Å²) < 4.78 is 0. The zero-order chi connectivity index (χ0) is 26.4. The summed E-state index contributed by atoms with van der Waals surface area (Å²) in [6.45, 7) is 24.6. The average molecular weight is 487 g/mol. The van der Waals surface area contributed by atoms with Crippen molar-refractivity contribution in [3.05, 3.63) is 59.7 Å². The lowest BCUT2D eigenvalue weighted by Gasteiger charge is -2.29. The summed E-state index contributed by atoms with van der Waals surface area (Å²) >= 11 is 0. The van der Waals surface area contributed by atoms with Gasteiger partial charge in [0.05, 0.1) is 12.1 Å². The highest BCUT2D eigenvalue weighted by molar-refractivity contribution is 6.50. The summed E-state index contributed by atoms with van der Waals surface area (Å²) in [7, 11) is 0. The summed E-state index contributed by atoms with van der Waals surface area (Å²) in [5.74, 6) is 2.99. The Bertz CT molecular complexity index is 1050. The molecule has 194 valence electrons. The molecule has 2 aliphatic heterocycles. The number of rotatable bonds is 5. The van der Waals surface area contributed by atoms with E-state index in [2.05, 4.69) is 128 Å². The summed E-state index contributed by atoms with van der Waals surface area (Å²) in [6.07, 6.45) is 0. The molecule has 4 heteroatoms. The number of anilines is 2. The standard InChI is InChI=1S/C32H46N4/c1-21(2)23-13-11-15-25(17-23)35-19-27(31(5,6)7)33-29(35)30-34-28(32(8,9)10)20-36(30)26-16-12-14-24(18-26)22(3)4/h11-18,21-22,27-28H,19-20H2,1-10H3/t27-,28-/m1/s1. The second-order valence-corrected chi connectivity index (χ2v) is 13.4. The van der Waals surface area contributed by atoms with Gasteiger partial charge >= 0.3 is 0 Å². The Labute approximate surface area is 219 Å². The molecular weight excluding hydrogens is 440 g/mol. The van der Waals surface area contributed by atoms with Gasteiger partial charge in [0.2, 0.25) is 0 Å². The van der Waals surface area contributed by atoms with Gasteiger partial charge < -0.3 is 9.80 Å². The third-order valence-electron chi connectivity index (χ3n) is 7.68. The van der Waals surface area contributed by atoms with Gasteiger partial charge in [-0.1, -0.05) is 93.5 Å². The fourth-order valence-corrected chi connectivity index (χ4v) is 4.89. The van der Waals surface area contributed by atoms with Crippen molar-refractivity contribution in [1.29, 1.82) is 0 Å². The lowest BCUT2D eigenvalue weighted by Crippen LogP contribution is -2.43. The molecule has 0 amide bonds. The topological polar surface area (TPSA) is 31.2 Å². The van der Waals surface area contributed by atoms with E-state index in [-0.39, 0.29) is 22.9 Å². The Morgan fingerprint density at radius 3 is 1.31 bits per heavy atom. The summed E-state index contributed by atoms with van der Waals surface area (Å²) in [6, 6.07) is 18.4. The van der Waals surface area contributed by atoms with Crippen LogP contribution in [0, 0.1) is 10.8 Å². The Morgan fingerprint density at radius 1 is 0.639 bits per heavy atom. The van der Waals surface area contributed by atoms with Crippen LogP contribution in [-0.4, -0.2) is 36.8 Å². The van der Waals surface area contributed by atoms with Crippen LogP contribution in [0.4, 0.5) is 11.4 Å². The quantitative estimate of drug-likeness (QED) is 0.430. The van der Waals surface area contributed by atoms with Crippen molar-refractivity contribution in [2.45, 2.75) is 93.2 Å². The highest BCUT2D eigenvalue weighted by Gasteiger charge is 2.42. The molecule has 4 nitrogen and oxygen atoms in total. The first kappa shape index (κ1) is 26.4. The maximum Gasteiger partial charge on any atom is 0.172 e. The number of amidine groups is 2. The average Bonchev–Trinajstić information content (AvgIpc) is 3.44. The van der Waals surface area contributed by atoms with Gasteiger partial charge in [-0.25, -0.2) is 0 Å². The summed E-state index contributed by atoms with van der Waals surface area (Å²) in [5, 5.41) is 0. The zero-order valence-electron chi connectivity index (χ0n) is 24.1. The van der Waals surface area contributed by atoms with Crippen molar-refractivity contribution in [3.8, 4) is 0 Å². The molecule has 0 saturated carbocycles. The van der Waals surface area contributed by atoms with Crippen LogP contribution in [0.5, 0.6) is 0 Å². The van der Waals surface area contributed by atoms with Gasteiger partial charge in [0.15, 0.2) is 11.7 Å². The van der Waals surface area contributed by atoms with E-state index >= 15 is 0 Å². The molecule has 2 heterocycles. The molecule has 4 rings (SSSR count). The molecule has 0 fully saturated rings. The maximum atomic E-state index is 5.39. The van der Waals surface area contributed by atoms with Crippen molar-refractivity contribution in [3.63, 3.8) is 0 Å². The van der Waals surface area contributed by atoms with E-state index in [9.17, 15) is 0 Å². The van der Waals surface area contributed by atoms with Crippen LogP contribution < -0.4 is 9.80 Å². The maximum absolute atomic E-state index is 5.39. The molecule has 0 aliphatic carbocycles. The zero-order valence-corrected chi connectivity index (χ0v) is 24.1. The van der Waals surface area contributed by atoms with Crippen molar-refractivity contribution in [1.82, 2.24) is 0 Å². The van der Waals surface area contributed by atoms with E-state index in [0.29, 0.717) is 11.8 Å². The SMILES string of the molecule is CC(C)c1cccc(N2C[C@H](C(C)(C)C)N=C2C2=N[C@@H](C(C)(C)C)CN2c2cccc(C(C)C)c2)c1. The van der Waals surface area contributed by atoms with Gasteiger partial charge in [-0.05, 0) is 58.1 Å². The van der Waals surface area contributed by atoms with E-state index in [4.69, 9.17) is 9.98 Å². The highest BCUT2D eigenvalue weighted by Crippen LogP contribution is 2.36.